The van der Waals surface area contributed by atoms with Crippen molar-refractivity contribution in [2.45, 2.75) is 0 Å². The number of H-pyrrole nitrogens is 1. The Balaban J connectivity index is 1.79. The van der Waals surface area contributed by atoms with Gasteiger partial charge in [0.25, 0.3) is 5.91 Å². The lowest BCUT2D eigenvalue weighted by Gasteiger charge is -2.18. The molecule has 0 radical (unpaired) electrons. The highest BCUT2D eigenvalue weighted by molar-refractivity contribution is 6.03. The SMILES string of the molecule is O=C(Nc1ccc2c(c1)OCCO2)c1ccc[nH]1. The molecule has 0 atom stereocenters. The summed E-state index contributed by atoms with van der Waals surface area (Å²) in [5.74, 6) is 1.18. The second-order valence-electron chi connectivity index (χ2n) is 3.90. The molecule has 18 heavy (non-hydrogen) atoms. The van der Waals surface area contributed by atoms with E-state index in [4.69, 9.17) is 9.47 Å². The summed E-state index contributed by atoms with van der Waals surface area (Å²) in [6.07, 6.45) is 1.71. The van der Waals surface area contributed by atoms with Crippen LogP contribution in [0.4, 0.5) is 5.69 Å². The molecule has 5 heteroatoms. The van der Waals surface area contributed by atoms with Crippen molar-refractivity contribution in [2.75, 3.05) is 18.5 Å². The minimum Gasteiger partial charge on any atom is -0.486 e. The Morgan fingerprint density at radius 2 is 2.00 bits per heavy atom. The fourth-order valence-corrected chi connectivity index (χ4v) is 1.79. The zero-order chi connectivity index (χ0) is 12.4. The second kappa shape index (κ2) is 4.44. The number of ether oxygens (including phenoxy) is 2. The number of amides is 1. The first-order chi connectivity index (χ1) is 8.83. The summed E-state index contributed by atoms with van der Waals surface area (Å²) in [7, 11) is 0. The molecule has 1 aliphatic heterocycles. The van der Waals surface area contributed by atoms with Gasteiger partial charge in [-0.15, -0.1) is 0 Å². The minimum atomic E-state index is -0.184. The van der Waals surface area contributed by atoms with Gasteiger partial charge in [-0.3, -0.25) is 4.79 Å². The van der Waals surface area contributed by atoms with Crippen molar-refractivity contribution in [3.05, 3.63) is 42.2 Å². The molecule has 92 valence electrons. The number of aromatic amines is 1. The first kappa shape index (κ1) is 10.7. The van der Waals surface area contributed by atoms with Gasteiger partial charge in [0, 0.05) is 18.0 Å². The first-order valence-corrected chi connectivity index (χ1v) is 5.67. The Kier molecular flexibility index (Phi) is 2.64. The second-order valence-corrected chi connectivity index (χ2v) is 3.90. The van der Waals surface area contributed by atoms with Crippen molar-refractivity contribution < 1.29 is 14.3 Å². The summed E-state index contributed by atoms with van der Waals surface area (Å²) in [5, 5.41) is 2.79. The molecule has 0 aliphatic carbocycles. The van der Waals surface area contributed by atoms with E-state index in [-0.39, 0.29) is 5.91 Å². The molecular formula is C13H12N2O3. The van der Waals surface area contributed by atoms with Gasteiger partial charge < -0.3 is 19.8 Å². The van der Waals surface area contributed by atoms with E-state index < -0.39 is 0 Å². The average Bonchev–Trinajstić information content (AvgIpc) is 2.92. The van der Waals surface area contributed by atoms with Gasteiger partial charge in [-0.05, 0) is 24.3 Å². The van der Waals surface area contributed by atoms with Gasteiger partial charge in [0.15, 0.2) is 11.5 Å². The molecule has 3 rings (SSSR count). The van der Waals surface area contributed by atoms with Crippen LogP contribution in [0.2, 0.25) is 0 Å². The highest BCUT2D eigenvalue weighted by Gasteiger charge is 2.13. The molecule has 2 aromatic rings. The Morgan fingerprint density at radius 1 is 1.17 bits per heavy atom. The molecule has 1 aromatic carbocycles. The number of aromatic nitrogens is 1. The van der Waals surface area contributed by atoms with Gasteiger partial charge in [0.05, 0.1) is 0 Å². The Labute approximate surface area is 104 Å². The summed E-state index contributed by atoms with van der Waals surface area (Å²) in [5.41, 5.74) is 1.20. The van der Waals surface area contributed by atoms with E-state index >= 15 is 0 Å². The fourth-order valence-electron chi connectivity index (χ4n) is 1.79. The topological polar surface area (TPSA) is 63.4 Å². The number of anilines is 1. The first-order valence-electron chi connectivity index (χ1n) is 5.67. The zero-order valence-electron chi connectivity index (χ0n) is 9.60. The molecule has 5 nitrogen and oxygen atoms in total. The third kappa shape index (κ3) is 2.02. The summed E-state index contributed by atoms with van der Waals surface area (Å²) >= 11 is 0. The van der Waals surface area contributed by atoms with Gasteiger partial charge in [0.2, 0.25) is 0 Å². The molecular weight excluding hydrogens is 232 g/mol. The molecule has 0 spiro atoms. The van der Waals surface area contributed by atoms with E-state index in [9.17, 15) is 4.79 Å². The minimum absolute atomic E-state index is 0.184. The predicted molar refractivity (Wildman–Crippen MR) is 66.2 cm³/mol. The van der Waals surface area contributed by atoms with Crippen molar-refractivity contribution in [1.82, 2.24) is 4.98 Å². The van der Waals surface area contributed by atoms with Crippen molar-refractivity contribution in [1.29, 1.82) is 0 Å². The van der Waals surface area contributed by atoms with E-state index in [0.29, 0.717) is 36.1 Å². The maximum absolute atomic E-state index is 11.8. The fraction of sp³-hybridized carbons (Fsp3) is 0.154. The van der Waals surface area contributed by atoms with Gasteiger partial charge >= 0.3 is 0 Å². The van der Waals surface area contributed by atoms with Crippen LogP contribution in [0.15, 0.2) is 36.5 Å². The van der Waals surface area contributed by atoms with Crippen molar-refractivity contribution in [3.63, 3.8) is 0 Å². The molecule has 0 unspecified atom stereocenters. The smallest absolute Gasteiger partial charge is 0.272 e. The molecule has 1 aromatic heterocycles. The maximum Gasteiger partial charge on any atom is 0.272 e. The van der Waals surface area contributed by atoms with E-state index in [1.54, 1.807) is 36.5 Å². The van der Waals surface area contributed by atoms with Crippen molar-refractivity contribution in [3.8, 4) is 11.5 Å². The number of hydrogen-bond donors (Lipinski definition) is 2. The van der Waals surface area contributed by atoms with Crippen LogP contribution in [0, 0.1) is 0 Å². The van der Waals surface area contributed by atoms with Crippen LogP contribution in [-0.4, -0.2) is 24.1 Å². The lowest BCUT2D eigenvalue weighted by molar-refractivity contribution is 0.102. The highest BCUT2D eigenvalue weighted by Crippen LogP contribution is 2.32. The van der Waals surface area contributed by atoms with Crippen LogP contribution in [-0.2, 0) is 0 Å². The van der Waals surface area contributed by atoms with Gasteiger partial charge in [0.1, 0.15) is 18.9 Å². The van der Waals surface area contributed by atoms with Crippen LogP contribution in [0.1, 0.15) is 10.5 Å². The average molecular weight is 244 g/mol. The van der Waals surface area contributed by atoms with Crippen LogP contribution >= 0.6 is 0 Å². The van der Waals surface area contributed by atoms with E-state index in [1.807, 2.05) is 0 Å². The van der Waals surface area contributed by atoms with Crippen molar-refractivity contribution >= 4 is 11.6 Å². The Morgan fingerprint density at radius 3 is 2.78 bits per heavy atom. The Bertz CT molecular complexity index is 564. The van der Waals surface area contributed by atoms with E-state index in [0.717, 1.165) is 0 Å². The normalized spacial score (nSPS) is 13.1. The number of carbonyl (C=O) groups is 1. The van der Waals surface area contributed by atoms with Gasteiger partial charge in [-0.2, -0.15) is 0 Å². The van der Waals surface area contributed by atoms with Crippen molar-refractivity contribution in [2.24, 2.45) is 0 Å². The third-order valence-corrected chi connectivity index (χ3v) is 2.64. The summed E-state index contributed by atoms with van der Waals surface area (Å²) < 4.78 is 10.9. The Hall–Kier alpha value is -2.43. The zero-order valence-corrected chi connectivity index (χ0v) is 9.60. The number of rotatable bonds is 2. The number of nitrogens with one attached hydrogen (secondary N) is 2. The summed E-state index contributed by atoms with van der Waals surface area (Å²) in [4.78, 5) is 14.7. The summed E-state index contributed by atoms with van der Waals surface area (Å²) in [6.45, 7) is 1.09. The van der Waals surface area contributed by atoms with Gasteiger partial charge in [-0.25, -0.2) is 0 Å². The van der Waals surface area contributed by atoms with Crippen LogP contribution in [0.5, 0.6) is 11.5 Å². The number of benzene rings is 1. The van der Waals surface area contributed by atoms with Crippen LogP contribution in [0.25, 0.3) is 0 Å². The van der Waals surface area contributed by atoms with Crippen LogP contribution in [0.3, 0.4) is 0 Å². The molecule has 0 saturated heterocycles. The third-order valence-electron chi connectivity index (χ3n) is 2.64. The highest BCUT2D eigenvalue weighted by atomic mass is 16.6. The largest absolute Gasteiger partial charge is 0.486 e. The number of hydrogen-bond acceptors (Lipinski definition) is 3. The molecule has 0 bridgehead atoms. The molecule has 0 fully saturated rings. The lowest BCUT2D eigenvalue weighted by atomic mass is 10.2. The molecule has 2 heterocycles. The maximum atomic E-state index is 11.8. The molecule has 2 N–H and O–H groups in total. The van der Waals surface area contributed by atoms with E-state index in [1.165, 1.54) is 0 Å². The molecule has 1 amide bonds. The monoisotopic (exact) mass is 244 g/mol. The number of carbonyl (C=O) groups excluding carboxylic acids is 1. The lowest BCUT2D eigenvalue weighted by Crippen LogP contribution is -2.16. The standard InChI is InChI=1S/C13H12N2O3/c16-13(10-2-1-5-14-10)15-9-3-4-11-12(8-9)18-7-6-17-11/h1-5,8,14H,6-7H2,(H,15,16). The quantitative estimate of drug-likeness (QED) is 0.849. The van der Waals surface area contributed by atoms with E-state index in [2.05, 4.69) is 10.3 Å². The predicted octanol–water partition coefficient (Wildman–Crippen LogP) is 2.04. The van der Waals surface area contributed by atoms with Gasteiger partial charge in [-0.1, -0.05) is 0 Å². The van der Waals surface area contributed by atoms with Crippen LogP contribution < -0.4 is 14.8 Å². The molecule has 0 saturated carbocycles. The molecule has 1 aliphatic rings. The summed E-state index contributed by atoms with van der Waals surface area (Å²) in [6, 6.07) is 8.83. The number of fused-ring (bicyclic) bond motifs is 1.